The summed E-state index contributed by atoms with van der Waals surface area (Å²) >= 11 is 4.97. The van der Waals surface area contributed by atoms with Crippen LogP contribution in [0.25, 0.3) is 0 Å². The van der Waals surface area contributed by atoms with Crippen LogP contribution in [0.5, 0.6) is 5.75 Å². The van der Waals surface area contributed by atoms with Crippen molar-refractivity contribution in [3.63, 3.8) is 0 Å². The molecule has 0 aliphatic carbocycles. The van der Waals surface area contributed by atoms with Crippen molar-refractivity contribution in [2.75, 3.05) is 38.2 Å². The molecule has 1 saturated heterocycles. The molecule has 0 unspecified atom stereocenters. The van der Waals surface area contributed by atoms with Gasteiger partial charge in [-0.2, -0.15) is 5.26 Å². The Morgan fingerprint density at radius 1 is 1.22 bits per heavy atom. The average Bonchev–Trinajstić information content (AvgIpc) is 2.81. The van der Waals surface area contributed by atoms with Crippen LogP contribution in [-0.2, 0) is 0 Å². The summed E-state index contributed by atoms with van der Waals surface area (Å²) in [6.45, 7) is 5.52. The molecule has 0 saturated carbocycles. The number of rotatable bonds is 4. The molecule has 0 amide bonds. The highest BCUT2D eigenvalue weighted by molar-refractivity contribution is 7.80. The molecule has 1 aromatic carbocycles. The van der Waals surface area contributed by atoms with E-state index < -0.39 is 0 Å². The number of hydrogen-bond donors (Lipinski definition) is 1. The van der Waals surface area contributed by atoms with Crippen LogP contribution >= 0.6 is 12.2 Å². The third-order valence-electron chi connectivity index (χ3n) is 4.13. The van der Waals surface area contributed by atoms with Gasteiger partial charge in [0.25, 0.3) is 0 Å². The zero-order chi connectivity index (χ0) is 16.8. The quantitative estimate of drug-likeness (QED) is 0.519. The van der Waals surface area contributed by atoms with Crippen molar-refractivity contribution in [1.82, 2.24) is 4.90 Å². The van der Waals surface area contributed by atoms with Crippen molar-refractivity contribution in [2.24, 2.45) is 5.73 Å². The van der Waals surface area contributed by atoms with Crippen molar-refractivity contribution in [3.05, 3.63) is 35.5 Å². The standard InChI is InChI=1S/C17H22N4OS/c1-13(16(12-18)17(19)23)20-8-3-9-21(11-10-20)14-4-6-15(22-2)7-5-14/h4-7H,3,8-11H2,1-2H3,(H2,19,23)/b16-13-. The molecular formula is C17H22N4OS. The van der Waals surface area contributed by atoms with Gasteiger partial charge in [0.2, 0.25) is 0 Å². The summed E-state index contributed by atoms with van der Waals surface area (Å²) in [6, 6.07) is 10.2. The van der Waals surface area contributed by atoms with Crippen LogP contribution in [0.1, 0.15) is 13.3 Å². The molecule has 0 bridgehead atoms. The van der Waals surface area contributed by atoms with Gasteiger partial charge in [0, 0.05) is 37.6 Å². The fourth-order valence-corrected chi connectivity index (χ4v) is 2.97. The van der Waals surface area contributed by atoms with Gasteiger partial charge in [-0.05, 0) is 37.6 Å². The number of nitrogens with two attached hydrogens (primary N) is 1. The SMILES string of the molecule is COc1ccc(N2CCCN(/C(C)=C(/C#N)C(N)=S)CC2)cc1. The zero-order valence-electron chi connectivity index (χ0n) is 13.6. The molecule has 0 spiro atoms. The third kappa shape index (κ3) is 4.14. The second-order valence-electron chi connectivity index (χ2n) is 5.46. The molecule has 6 heteroatoms. The molecule has 2 N–H and O–H groups in total. The molecule has 23 heavy (non-hydrogen) atoms. The summed E-state index contributed by atoms with van der Waals surface area (Å²) in [4.78, 5) is 4.71. The maximum absolute atomic E-state index is 9.22. The maximum Gasteiger partial charge on any atom is 0.119 e. The monoisotopic (exact) mass is 330 g/mol. The smallest absolute Gasteiger partial charge is 0.119 e. The van der Waals surface area contributed by atoms with Crippen molar-refractivity contribution in [2.45, 2.75) is 13.3 Å². The highest BCUT2D eigenvalue weighted by Crippen LogP contribution is 2.22. The van der Waals surface area contributed by atoms with Gasteiger partial charge in [-0.15, -0.1) is 0 Å². The molecule has 1 aliphatic heterocycles. The van der Waals surface area contributed by atoms with Gasteiger partial charge in [0.1, 0.15) is 22.4 Å². The van der Waals surface area contributed by atoms with E-state index in [4.69, 9.17) is 22.7 Å². The molecule has 1 fully saturated rings. The normalized spacial score (nSPS) is 16.2. The summed E-state index contributed by atoms with van der Waals surface area (Å²) in [6.07, 6.45) is 1.01. The summed E-state index contributed by atoms with van der Waals surface area (Å²) in [5.41, 5.74) is 8.11. The Labute approximate surface area is 142 Å². The van der Waals surface area contributed by atoms with Crippen LogP contribution in [0.2, 0.25) is 0 Å². The van der Waals surface area contributed by atoms with E-state index in [0.717, 1.165) is 44.0 Å². The number of allylic oxidation sites excluding steroid dienone is 1. The first-order valence-electron chi connectivity index (χ1n) is 7.61. The molecule has 1 aliphatic rings. The topological polar surface area (TPSA) is 65.5 Å². The van der Waals surface area contributed by atoms with Crippen LogP contribution in [0.3, 0.4) is 0 Å². The average molecular weight is 330 g/mol. The zero-order valence-corrected chi connectivity index (χ0v) is 14.4. The molecule has 1 heterocycles. The highest BCUT2D eigenvalue weighted by Gasteiger charge is 2.18. The van der Waals surface area contributed by atoms with E-state index in [9.17, 15) is 5.26 Å². The van der Waals surface area contributed by atoms with Crippen LogP contribution in [-0.4, -0.2) is 43.2 Å². The second kappa shape index (κ2) is 7.84. The van der Waals surface area contributed by atoms with Gasteiger partial charge >= 0.3 is 0 Å². The lowest BCUT2D eigenvalue weighted by atomic mass is 10.2. The van der Waals surface area contributed by atoms with Crippen molar-refractivity contribution in [1.29, 1.82) is 5.26 Å². The van der Waals surface area contributed by atoms with E-state index >= 15 is 0 Å². The van der Waals surface area contributed by atoms with E-state index in [1.54, 1.807) is 7.11 Å². The number of ether oxygens (including phenoxy) is 1. The second-order valence-corrected chi connectivity index (χ2v) is 5.90. The number of nitrogens with zero attached hydrogens (tertiary/aromatic N) is 3. The van der Waals surface area contributed by atoms with Crippen molar-refractivity contribution < 1.29 is 4.74 Å². The minimum atomic E-state index is 0.168. The van der Waals surface area contributed by atoms with Gasteiger partial charge in [0.15, 0.2) is 0 Å². The Kier molecular flexibility index (Phi) is 5.83. The van der Waals surface area contributed by atoms with Gasteiger partial charge in [-0.1, -0.05) is 12.2 Å². The van der Waals surface area contributed by atoms with Crippen LogP contribution in [0.15, 0.2) is 35.5 Å². The van der Waals surface area contributed by atoms with Gasteiger partial charge in [-0.25, -0.2) is 0 Å². The Balaban J connectivity index is 2.10. The summed E-state index contributed by atoms with van der Waals surface area (Å²) in [7, 11) is 1.67. The Hall–Kier alpha value is -2.26. The number of hydrogen-bond acceptors (Lipinski definition) is 5. The molecule has 0 atom stereocenters. The fourth-order valence-electron chi connectivity index (χ4n) is 2.78. The van der Waals surface area contributed by atoms with E-state index in [2.05, 4.69) is 28.0 Å². The fraction of sp³-hybridized carbons (Fsp3) is 0.412. The molecule has 2 rings (SSSR count). The predicted octanol–water partition coefficient (Wildman–Crippen LogP) is 2.29. The van der Waals surface area contributed by atoms with E-state index in [0.29, 0.717) is 5.57 Å². The number of benzene rings is 1. The molecule has 0 aromatic heterocycles. The maximum atomic E-state index is 9.22. The van der Waals surface area contributed by atoms with Crippen LogP contribution in [0.4, 0.5) is 5.69 Å². The predicted molar refractivity (Wildman–Crippen MR) is 96.5 cm³/mol. The van der Waals surface area contributed by atoms with Crippen LogP contribution in [0, 0.1) is 11.3 Å². The summed E-state index contributed by atoms with van der Waals surface area (Å²) in [5.74, 6) is 0.860. The third-order valence-corrected chi connectivity index (χ3v) is 4.33. The van der Waals surface area contributed by atoms with Crippen molar-refractivity contribution in [3.8, 4) is 11.8 Å². The summed E-state index contributed by atoms with van der Waals surface area (Å²) < 4.78 is 5.20. The Bertz CT molecular complexity index is 633. The molecule has 0 radical (unpaired) electrons. The Morgan fingerprint density at radius 2 is 1.91 bits per heavy atom. The highest BCUT2D eigenvalue weighted by atomic mass is 32.1. The Morgan fingerprint density at radius 3 is 2.48 bits per heavy atom. The number of thiocarbonyl (C=S) groups is 1. The van der Waals surface area contributed by atoms with E-state index in [1.165, 1.54) is 5.69 Å². The molecular weight excluding hydrogens is 308 g/mol. The first kappa shape index (κ1) is 17.1. The number of nitriles is 1. The summed E-state index contributed by atoms with van der Waals surface area (Å²) in [5, 5.41) is 9.22. The molecule has 122 valence electrons. The van der Waals surface area contributed by atoms with Crippen molar-refractivity contribution >= 4 is 22.9 Å². The lowest BCUT2D eigenvalue weighted by molar-refractivity contribution is 0.369. The number of methoxy groups -OCH3 is 1. The number of anilines is 1. The molecule has 1 aromatic rings. The first-order valence-corrected chi connectivity index (χ1v) is 8.02. The lowest BCUT2D eigenvalue weighted by Gasteiger charge is -2.26. The van der Waals surface area contributed by atoms with Gasteiger partial charge in [-0.3, -0.25) is 0 Å². The van der Waals surface area contributed by atoms with E-state index in [1.807, 2.05) is 19.1 Å². The minimum absolute atomic E-state index is 0.168. The lowest BCUT2D eigenvalue weighted by Crippen LogP contribution is -2.31. The largest absolute Gasteiger partial charge is 0.497 e. The van der Waals surface area contributed by atoms with E-state index in [-0.39, 0.29) is 4.99 Å². The molecule has 5 nitrogen and oxygen atoms in total. The minimum Gasteiger partial charge on any atom is -0.497 e. The van der Waals surface area contributed by atoms with Crippen LogP contribution < -0.4 is 15.4 Å². The first-order chi connectivity index (χ1) is 11.1. The van der Waals surface area contributed by atoms with Gasteiger partial charge in [0.05, 0.1) is 7.11 Å². The van der Waals surface area contributed by atoms with Gasteiger partial charge < -0.3 is 20.3 Å².